The summed E-state index contributed by atoms with van der Waals surface area (Å²) in [5.41, 5.74) is 2.45. The van der Waals surface area contributed by atoms with Crippen LogP contribution in [-0.2, 0) is 0 Å². The van der Waals surface area contributed by atoms with Gasteiger partial charge in [0.05, 0.1) is 12.7 Å². The van der Waals surface area contributed by atoms with E-state index in [1.54, 1.807) is 13.2 Å². The van der Waals surface area contributed by atoms with Crippen LogP contribution in [0.5, 0.6) is 5.75 Å². The highest BCUT2D eigenvalue weighted by molar-refractivity contribution is 5.95. The minimum Gasteiger partial charge on any atom is -0.497 e. The zero-order chi connectivity index (χ0) is 20.7. The lowest BCUT2D eigenvalue weighted by Crippen LogP contribution is -2.34. The fourth-order valence-corrected chi connectivity index (χ4v) is 5.03. The molecule has 162 valence electrons. The van der Waals surface area contributed by atoms with Crippen molar-refractivity contribution in [1.82, 2.24) is 14.8 Å². The first-order chi connectivity index (χ1) is 13.9. The monoisotopic (exact) mass is 431 g/mol. The van der Waals surface area contributed by atoms with E-state index in [0.29, 0.717) is 23.4 Å². The number of hydrogen-bond donors (Lipinski definition) is 1. The summed E-state index contributed by atoms with van der Waals surface area (Å²) in [6, 6.07) is 11.7. The molecule has 2 saturated heterocycles. The largest absolute Gasteiger partial charge is 0.497 e. The first-order valence-corrected chi connectivity index (χ1v) is 10.3. The molecule has 3 atom stereocenters. The number of aromatic nitrogens is 1. The Morgan fingerprint density at radius 1 is 1.10 bits per heavy atom. The van der Waals surface area contributed by atoms with Crippen LogP contribution >= 0.6 is 12.4 Å². The number of H-pyrrole nitrogens is 1. The molecule has 6 nitrogen and oxygen atoms in total. The van der Waals surface area contributed by atoms with Crippen LogP contribution in [-0.4, -0.2) is 54.5 Å². The van der Waals surface area contributed by atoms with Gasteiger partial charge in [-0.25, -0.2) is 0 Å². The third-order valence-corrected chi connectivity index (χ3v) is 6.40. The van der Waals surface area contributed by atoms with Crippen LogP contribution in [0, 0.1) is 11.8 Å². The molecule has 0 radical (unpaired) electrons. The van der Waals surface area contributed by atoms with Gasteiger partial charge in [0, 0.05) is 43.4 Å². The highest BCUT2D eigenvalue weighted by Gasteiger charge is 2.47. The number of pyridine rings is 1. The minimum absolute atomic E-state index is 0. The first-order valence-electron chi connectivity index (χ1n) is 10.3. The first kappa shape index (κ1) is 22.4. The molecule has 30 heavy (non-hydrogen) atoms. The van der Waals surface area contributed by atoms with Crippen molar-refractivity contribution in [3.05, 3.63) is 63.6 Å². The second kappa shape index (κ2) is 8.82. The van der Waals surface area contributed by atoms with Crippen molar-refractivity contribution in [1.29, 1.82) is 0 Å². The lowest BCUT2D eigenvalue weighted by Gasteiger charge is -2.27. The zero-order valence-electron chi connectivity index (χ0n) is 17.9. The van der Waals surface area contributed by atoms with Gasteiger partial charge >= 0.3 is 0 Å². The summed E-state index contributed by atoms with van der Waals surface area (Å²) in [6.07, 6.45) is 0. The molecule has 0 aliphatic carbocycles. The third-order valence-electron chi connectivity index (χ3n) is 6.40. The van der Waals surface area contributed by atoms with Crippen molar-refractivity contribution in [2.45, 2.75) is 25.8 Å². The molecule has 2 aliphatic heterocycles. The summed E-state index contributed by atoms with van der Waals surface area (Å²) in [5.74, 6) is 1.83. The van der Waals surface area contributed by atoms with Gasteiger partial charge < -0.3 is 14.6 Å². The van der Waals surface area contributed by atoms with E-state index in [1.807, 2.05) is 30.9 Å². The van der Waals surface area contributed by atoms with Crippen LogP contribution < -0.4 is 10.3 Å². The second-order valence-electron chi connectivity index (χ2n) is 8.60. The molecule has 2 aromatic rings. The number of methoxy groups -OCH3 is 1. The van der Waals surface area contributed by atoms with Crippen molar-refractivity contribution < 1.29 is 9.53 Å². The minimum atomic E-state index is -0.162. The van der Waals surface area contributed by atoms with Gasteiger partial charge in [-0.15, -0.1) is 12.4 Å². The summed E-state index contributed by atoms with van der Waals surface area (Å²) >= 11 is 0. The van der Waals surface area contributed by atoms with E-state index in [9.17, 15) is 9.59 Å². The number of likely N-dealkylation sites (tertiary alicyclic amines) is 2. The van der Waals surface area contributed by atoms with E-state index in [4.69, 9.17) is 4.74 Å². The van der Waals surface area contributed by atoms with Crippen molar-refractivity contribution in [3.63, 3.8) is 0 Å². The number of rotatable bonds is 4. The standard InChI is InChI=1S/C23H29N3O3.ClH/c1-14(2)21-18(9-10-20(27)24-21)23(28)26-12-16-11-25(3)22(19(16)13-26)15-5-7-17(29-4)8-6-15;/h5-10,14,16,19,22H,11-13H2,1-4H3,(H,24,27);1H/t16-,19+,22-;/m0./s1. The third kappa shape index (κ3) is 3.98. The maximum absolute atomic E-state index is 13.3. The van der Waals surface area contributed by atoms with E-state index < -0.39 is 0 Å². The van der Waals surface area contributed by atoms with Gasteiger partial charge in [-0.1, -0.05) is 26.0 Å². The lowest BCUT2D eigenvalue weighted by molar-refractivity contribution is 0.0765. The number of nitrogens with zero attached hydrogens (tertiary/aromatic N) is 2. The Morgan fingerprint density at radius 3 is 2.43 bits per heavy atom. The van der Waals surface area contributed by atoms with Crippen molar-refractivity contribution in [2.24, 2.45) is 11.8 Å². The molecule has 0 spiro atoms. The van der Waals surface area contributed by atoms with Gasteiger partial charge in [0.25, 0.3) is 5.91 Å². The summed E-state index contributed by atoms with van der Waals surface area (Å²) in [7, 11) is 3.84. The molecular formula is C23H30ClN3O3. The zero-order valence-corrected chi connectivity index (χ0v) is 18.7. The van der Waals surface area contributed by atoms with Crippen molar-refractivity contribution >= 4 is 18.3 Å². The Kier molecular flexibility index (Phi) is 6.58. The number of nitrogens with one attached hydrogen (secondary N) is 1. The molecule has 0 saturated carbocycles. The second-order valence-corrected chi connectivity index (χ2v) is 8.60. The number of carbonyl (C=O) groups excluding carboxylic acids is 1. The highest BCUT2D eigenvalue weighted by atomic mass is 35.5. The van der Waals surface area contributed by atoms with Crippen LogP contribution in [0.4, 0.5) is 0 Å². The topological polar surface area (TPSA) is 65.6 Å². The van der Waals surface area contributed by atoms with Gasteiger partial charge in [0.1, 0.15) is 5.75 Å². The molecule has 0 unspecified atom stereocenters. The lowest BCUT2D eigenvalue weighted by atomic mass is 9.89. The van der Waals surface area contributed by atoms with E-state index in [-0.39, 0.29) is 29.8 Å². The van der Waals surface area contributed by atoms with Gasteiger partial charge in [-0.05, 0) is 42.6 Å². The van der Waals surface area contributed by atoms with E-state index in [0.717, 1.165) is 31.1 Å². The summed E-state index contributed by atoms with van der Waals surface area (Å²) in [6.45, 7) is 6.47. The summed E-state index contributed by atoms with van der Waals surface area (Å²) in [5, 5.41) is 0. The molecule has 7 heteroatoms. The quantitative estimate of drug-likeness (QED) is 0.806. The normalized spacial score (nSPS) is 23.4. The Bertz CT molecular complexity index is 957. The van der Waals surface area contributed by atoms with Gasteiger partial charge in [-0.2, -0.15) is 0 Å². The molecule has 2 aliphatic rings. The van der Waals surface area contributed by atoms with E-state index >= 15 is 0 Å². The molecule has 2 fully saturated rings. The summed E-state index contributed by atoms with van der Waals surface area (Å²) < 4.78 is 5.29. The fraction of sp³-hybridized carbons (Fsp3) is 0.478. The Hall–Kier alpha value is -2.31. The number of hydrogen-bond acceptors (Lipinski definition) is 4. The van der Waals surface area contributed by atoms with Gasteiger partial charge in [-0.3, -0.25) is 14.5 Å². The number of aromatic amines is 1. The number of fused-ring (bicyclic) bond motifs is 1. The SMILES string of the molecule is COc1ccc([C@H]2[C@@H]3CN(C(=O)c4ccc(=O)[nH]c4C(C)C)C[C@@H]3CN2C)cc1.Cl. The van der Waals surface area contributed by atoms with E-state index in [1.165, 1.54) is 11.6 Å². The molecule has 1 N–H and O–H groups in total. The highest BCUT2D eigenvalue weighted by Crippen LogP contribution is 2.44. The smallest absolute Gasteiger partial charge is 0.255 e. The maximum atomic E-state index is 13.3. The molecule has 3 heterocycles. The molecule has 0 bridgehead atoms. The molecule has 1 aromatic heterocycles. The maximum Gasteiger partial charge on any atom is 0.255 e. The number of amides is 1. The van der Waals surface area contributed by atoms with Crippen LogP contribution in [0.3, 0.4) is 0 Å². The average molecular weight is 432 g/mol. The Balaban J connectivity index is 0.00000256. The summed E-state index contributed by atoms with van der Waals surface area (Å²) in [4.78, 5) is 32.3. The molecule has 4 rings (SSSR count). The van der Waals surface area contributed by atoms with Crippen molar-refractivity contribution in [2.75, 3.05) is 33.8 Å². The molecule has 1 aromatic carbocycles. The van der Waals surface area contributed by atoms with Gasteiger partial charge in [0.2, 0.25) is 5.56 Å². The van der Waals surface area contributed by atoms with Crippen LogP contribution in [0.1, 0.15) is 47.4 Å². The fourth-order valence-electron chi connectivity index (χ4n) is 5.03. The Labute approximate surface area is 183 Å². The number of benzene rings is 1. The number of ether oxygens (including phenoxy) is 1. The Morgan fingerprint density at radius 2 is 1.80 bits per heavy atom. The number of carbonyl (C=O) groups is 1. The average Bonchev–Trinajstić information content (AvgIpc) is 3.24. The van der Waals surface area contributed by atoms with Gasteiger partial charge in [0.15, 0.2) is 0 Å². The van der Waals surface area contributed by atoms with Crippen LogP contribution in [0.2, 0.25) is 0 Å². The molecular weight excluding hydrogens is 402 g/mol. The van der Waals surface area contributed by atoms with Crippen molar-refractivity contribution in [3.8, 4) is 5.75 Å². The predicted molar refractivity (Wildman–Crippen MR) is 120 cm³/mol. The molecule has 1 amide bonds. The van der Waals surface area contributed by atoms with Crippen LogP contribution in [0.15, 0.2) is 41.2 Å². The van der Waals surface area contributed by atoms with Crippen LogP contribution in [0.25, 0.3) is 0 Å². The number of halogens is 1. The van der Waals surface area contributed by atoms with E-state index in [2.05, 4.69) is 29.1 Å². The predicted octanol–water partition coefficient (Wildman–Crippen LogP) is 3.30.